The van der Waals surface area contributed by atoms with Crippen LogP contribution < -0.4 is 10.5 Å². The van der Waals surface area contributed by atoms with Gasteiger partial charge >= 0.3 is 0 Å². The van der Waals surface area contributed by atoms with Crippen molar-refractivity contribution in [1.82, 2.24) is 19.4 Å². The Morgan fingerprint density at radius 3 is 2.87 bits per heavy atom. The smallest absolute Gasteiger partial charge is 0.268 e. The summed E-state index contributed by atoms with van der Waals surface area (Å²) in [4.78, 5) is 24.0. The summed E-state index contributed by atoms with van der Waals surface area (Å²) < 4.78 is 20.1. The highest BCUT2D eigenvalue weighted by Gasteiger charge is 2.16. The number of carbonyl (C=O) groups is 1. The van der Waals surface area contributed by atoms with Crippen LogP contribution >= 0.6 is 11.8 Å². The lowest BCUT2D eigenvalue weighted by Crippen LogP contribution is -2.21. The van der Waals surface area contributed by atoms with E-state index >= 15 is 0 Å². The lowest BCUT2D eigenvalue weighted by molar-refractivity contribution is 0.0856. The van der Waals surface area contributed by atoms with Crippen LogP contribution in [0.1, 0.15) is 27.3 Å². The first kappa shape index (κ1) is 20.8. The quantitative estimate of drug-likeness (QED) is 0.425. The van der Waals surface area contributed by atoms with Gasteiger partial charge in [0.05, 0.1) is 12.2 Å². The van der Waals surface area contributed by atoms with Gasteiger partial charge in [-0.25, -0.2) is 18.8 Å². The Hall–Kier alpha value is -3.49. The SMILES string of the molecule is NCc1cc(OCc2cccc(C(=O)N(Cl)Cc3cc4cc(F)ccc4[nH]3)c2)ncn1. The molecule has 2 heterocycles. The molecule has 0 saturated carbocycles. The summed E-state index contributed by atoms with van der Waals surface area (Å²) in [7, 11) is 0. The van der Waals surface area contributed by atoms with Gasteiger partial charge in [0.15, 0.2) is 0 Å². The lowest BCUT2D eigenvalue weighted by atomic mass is 10.1. The van der Waals surface area contributed by atoms with E-state index in [2.05, 4.69) is 15.0 Å². The number of H-pyrrole nitrogens is 1. The number of benzene rings is 2. The highest BCUT2D eigenvalue weighted by Crippen LogP contribution is 2.20. The van der Waals surface area contributed by atoms with E-state index in [9.17, 15) is 9.18 Å². The summed E-state index contributed by atoms with van der Waals surface area (Å²) in [5.74, 6) is -0.278. The second-order valence-corrected chi connectivity index (χ2v) is 7.30. The molecule has 4 rings (SSSR count). The molecule has 31 heavy (non-hydrogen) atoms. The highest BCUT2D eigenvalue weighted by atomic mass is 35.5. The minimum Gasteiger partial charge on any atom is -0.473 e. The molecule has 0 aliphatic heterocycles. The van der Waals surface area contributed by atoms with Crippen LogP contribution in [0.5, 0.6) is 5.88 Å². The number of nitrogens with zero attached hydrogens (tertiary/aromatic N) is 3. The normalized spacial score (nSPS) is 10.9. The van der Waals surface area contributed by atoms with Gasteiger partial charge in [0, 0.05) is 46.5 Å². The molecule has 158 valence electrons. The first-order chi connectivity index (χ1) is 15.0. The number of aromatic nitrogens is 3. The number of hydrogen-bond acceptors (Lipinski definition) is 5. The summed E-state index contributed by atoms with van der Waals surface area (Å²) in [6, 6.07) is 14.9. The van der Waals surface area contributed by atoms with Crippen molar-refractivity contribution < 1.29 is 13.9 Å². The van der Waals surface area contributed by atoms with Crippen molar-refractivity contribution in [2.45, 2.75) is 19.7 Å². The zero-order chi connectivity index (χ0) is 21.8. The maximum atomic E-state index is 13.4. The van der Waals surface area contributed by atoms with Crippen LogP contribution in [0.25, 0.3) is 10.9 Å². The van der Waals surface area contributed by atoms with Gasteiger partial charge in [0.1, 0.15) is 18.8 Å². The van der Waals surface area contributed by atoms with Crippen molar-refractivity contribution in [2.75, 3.05) is 0 Å². The van der Waals surface area contributed by atoms with E-state index in [1.807, 2.05) is 6.07 Å². The minimum absolute atomic E-state index is 0.139. The number of rotatable bonds is 7. The largest absolute Gasteiger partial charge is 0.473 e. The van der Waals surface area contributed by atoms with E-state index in [4.69, 9.17) is 22.2 Å². The summed E-state index contributed by atoms with van der Waals surface area (Å²) in [6.07, 6.45) is 1.39. The summed E-state index contributed by atoms with van der Waals surface area (Å²) in [5.41, 5.74) is 8.92. The third kappa shape index (κ3) is 4.99. The molecule has 1 amide bonds. The van der Waals surface area contributed by atoms with Crippen LogP contribution in [0.3, 0.4) is 0 Å². The highest BCUT2D eigenvalue weighted by molar-refractivity contribution is 6.24. The van der Waals surface area contributed by atoms with Crippen LogP contribution in [0.2, 0.25) is 0 Å². The summed E-state index contributed by atoms with van der Waals surface area (Å²) in [5, 5.41) is 0.717. The van der Waals surface area contributed by atoms with Crippen molar-refractivity contribution in [1.29, 1.82) is 0 Å². The molecule has 0 unspecified atom stereocenters. The number of nitrogens with one attached hydrogen (secondary N) is 1. The first-order valence-corrected chi connectivity index (χ1v) is 9.83. The molecule has 0 bridgehead atoms. The molecule has 0 aliphatic carbocycles. The molecular weight excluding hydrogens is 421 g/mol. The van der Waals surface area contributed by atoms with Gasteiger partial charge in [-0.15, -0.1) is 0 Å². The van der Waals surface area contributed by atoms with Crippen molar-refractivity contribution in [3.05, 3.63) is 89.3 Å². The van der Waals surface area contributed by atoms with Gasteiger partial charge in [0.25, 0.3) is 5.91 Å². The number of hydrogen-bond donors (Lipinski definition) is 2. The second-order valence-electron chi connectivity index (χ2n) is 6.89. The Morgan fingerprint density at radius 1 is 1.16 bits per heavy atom. The predicted octanol–water partition coefficient (Wildman–Crippen LogP) is 3.93. The van der Waals surface area contributed by atoms with Crippen LogP contribution in [0.4, 0.5) is 4.39 Å². The van der Waals surface area contributed by atoms with E-state index in [-0.39, 0.29) is 24.9 Å². The van der Waals surface area contributed by atoms with Crippen molar-refractivity contribution in [3.63, 3.8) is 0 Å². The number of fused-ring (bicyclic) bond motifs is 1. The van der Waals surface area contributed by atoms with Gasteiger partial charge < -0.3 is 15.5 Å². The molecule has 9 heteroatoms. The van der Waals surface area contributed by atoms with Crippen LogP contribution in [-0.4, -0.2) is 25.3 Å². The average molecular weight is 440 g/mol. The maximum absolute atomic E-state index is 13.4. The van der Waals surface area contributed by atoms with Crippen LogP contribution in [0, 0.1) is 5.82 Å². The molecule has 3 N–H and O–H groups in total. The topological polar surface area (TPSA) is 97.1 Å². The Kier molecular flexibility index (Phi) is 6.11. The summed E-state index contributed by atoms with van der Waals surface area (Å²) >= 11 is 6.25. The van der Waals surface area contributed by atoms with E-state index in [1.165, 1.54) is 18.5 Å². The molecule has 0 radical (unpaired) electrons. The van der Waals surface area contributed by atoms with Crippen LogP contribution in [-0.2, 0) is 19.7 Å². The number of nitrogens with two attached hydrogens (primary N) is 1. The van der Waals surface area contributed by atoms with Gasteiger partial charge in [0.2, 0.25) is 5.88 Å². The Labute approximate surface area is 182 Å². The standard InChI is InChI=1S/C22H19ClFN5O2/c23-29(11-19-8-16-7-17(24)4-5-20(16)28-19)22(30)15-3-1-2-14(6-15)12-31-21-9-18(10-25)26-13-27-21/h1-9,13,28H,10-12,25H2. The lowest BCUT2D eigenvalue weighted by Gasteiger charge is -2.14. The number of aromatic amines is 1. The third-order valence-electron chi connectivity index (χ3n) is 4.64. The maximum Gasteiger partial charge on any atom is 0.268 e. The molecular formula is C22H19ClFN5O2. The van der Waals surface area contributed by atoms with Crippen molar-refractivity contribution >= 4 is 28.6 Å². The number of amides is 1. The Balaban J connectivity index is 1.42. The van der Waals surface area contributed by atoms with E-state index < -0.39 is 0 Å². The first-order valence-electron chi connectivity index (χ1n) is 9.49. The molecule has 0 saturated heterocycles. The molecule has 4 aromatic rings. The molecule has 0 aliphatic rings. The van der Waals surface area contributed by atoms with Crippen molar-refractivity contribution in [2.24, 2.45) is 5.73 Å². The fraction of sp³-hybridized carbons (Fsp3) is 0.136. The van der Waals surface area contributed by atoms with E-state index in [0.29, 0.717) is 34.8 Å². The van der Waals surface area contributed by atoms with Gasteiger partial charge in [-0.3, -0.25) is 4.79 Å². The fourth-order valence-electron chi connectivity index (χ4n) is 3.13. The van der Waals surface area contributed by atoms with Gasteiger partial charge in [-0.1, -0.05) is 12.1 Å². The molecule has 0 spiro atoms. The molecule has 0 fully saturated rings. The number of ether oxygens (including phenoxy) is 1. The molecule has 2 aromatic heterocycles. The molecule has 0 atom stereocenters. The third-order valence-corrected chi connectivity index (χ3v) is 4.91. The number of carbonyl (C=O) groups excluding carboxylic acids is 1. The van der Waals surface area contributed by atoms with Gasteiger partial charge in [-0.05, 0) is 42.0 Å². The zero-order valence-electron chi connectivity index (χ0n) is 16.4. The average Bonchev–Trinajstić information content (AvgIpc) is 3.18. The fourth-order valence-corrected chi connectivity index (χ4v) is 3.36. The zero-order valence-corrected chi connectivity index (χ0v) is 17.1. The van der Waals surface area contributed by atoms with E-state index in [0.717, 1.165) is 15.5 Å². The van der Waals surface area contributed by atoms with E-state index in [1.54, 1.807) is 36.4 Å². The van der Waals surface area contributed by atoms with Gasteiger partial charge in [-0.2, -0.15) is 0 Å². The summed E-state index contributed by atoms with van der Waals surface area (Å²) in [6.45, 7) is 0.651. The number of halogens is 2. The van der Waals surface area contributed by atoms with Crippen LogP contribution in [0.15, 0.2) is 60.9 Å². The monoisotopic (exact) mass is 439 g/mol. The molecule has 7 nitrogen and oxygen atoms in total. The van der Waals surface area contributed by atoms with Crippen molar-refractivity contribution in [3.8, 4) is 5.88 Å². The molecule has 2 aromatic carbocycles. The minimum atomic E-state index is -0.360. The Bertz CT molecular complexity index is 1230. The second kappa shape index (κ2) is 9.11. The predicted molar refractivity (Wildman–Crippen MR) is 115 cm³/mol. The Morgan fingerprint density at radius 2 is 2.03 bits per heavy atom.